The standard InChI is InChI=1S/C69H45N5OSi/c1-4-24-47(25-5-1)76(48-26-6-2-7-27-48,49-28-8-3-9-29-49)50-30-20-23-46(45-50)67-70-68(73-61-41-16-12-33-53(61)54-34-13-17-42-62(54)73)72-69(71-67)74-63-43-18-14-35-55(63)58-38-21-37-57(65(58)74)51-31-10-11-32-52(51)59-39-22-40-60-56-36-15-19-44-64(56)75-66(59)60/h1-45H. The highest BCUT2D eigenvalue weighted by molar-refractivity contribution is 7.19. The molecule has 0 saturated heterocycles. The van der Waals surface area contributed by atoms with Crippen molar-refractivity contribution in [2.75, 3.05) is 0 Å². The van der Waals surface area contributed by atoms with Crippen LogP contribution in [0, 0.1) is 0 Å². The van der Waals surface area contributed by atoms with Gasteiger partial charge in [-0.1, -0.05) is 249 Å². The lowest BCUT2D eigenvalue weighted by Crippen LogP contribution is -2.74. The summed E-state index contributed by atoms with van der Waals surface area (Å²) in [7, 11) is -2.94. The second-order valence-electron chi connectivity index (χ2n) is 19.4. The Hall–Kier alpha value is -9.95. The van der Waals surface area contributed by atoms with Gasteiger partial charge in [0.2, 0.25) is 11.9 Å². The third kappa shape index (κ3) is 6.69. The Morgan fingerprint density at radius 1 is 0.303 bits per heavy atom. The van der Waals surface area contributed by atoms with Gasteiger partial charge in [0, 0.05) is 49.0 Å². The van der Waals surface area contributed by atoms with E-state index in [1.807, 2.05) is 12.1 Å². The molecule has 0 aliphatic heterocycles. The van der Waals surface area contributed by atoms with Crippen LogP contribution in [0.15, 0.2) is 277 Å². The topological polar surface area (TPSA) is 61.7 Å². The summed E-state index contributed by atoms with van der Waals surface area (Å²) in [6, 6.07) is 97.9. The molecule has 0 bridgehead atoms. The van der Waals surface area contributed by atoms with E-state index in [-0.39, 0.29) is 0 Å². The highest BCUT2D eigenvalue weighted by atomic mass is 28.3. The van der Waals surface area contributed by atoms with Crippen molar-refractivity contribution in [2.45, 2.75) is 0 Å². The van der Waals surface area contributed by atoms with Gasteiger partial charge in [0.05, 0.1) is 22.1 Å². The lowest BCUT2D eigenvalue weighted by Gasteiger charge is -2.34. The van der Waals surface area contributed by atoms with Gasteiger partial charge in [-0.2, -0.15) is 15.0 Å². The molecule has 15 rings (SSSR count). The first-order valence-corrected chi connectivity index (χ1v) is 27.8. The van der Waals surface area contributed by atoms with E-state index in [1.165, 1.54) is 20.7 Å². The first kappa shape index (κ1) is 43.6. The molecule has 15 aromatic rings. The molecule has 11 aromatic carbocycles. The molecule has 7 heteroatoms. The normalized spacial score (nSPS) is 11.9. The van der Waals surface area contributed by atoms with Crippen LogP contribution in [-0.2, 0) is 0 Å². The smallest absolute Gasteiger partial charge is 0.240 e. The van der Waals surface area contributed by atoms with E-state index >= 15 is 0 Å². The Bertz CT molecular complexity index is 4560. The molecule has 356 valence electrons. The van der Waals surface area contributed by atoms with Crippen LogP contribution in [0.3, 0.4) is 0 Å². The quantitative estimate of drug-likeness (QED) is 0.107. The zero-order chi connectivity index (χ0) is 50.2. The van der Waals surface area contributed by atoms with Crippen molar-refractivity contribution in [1.82, 2.24) is 24.1 Å². The fourth-order valence-corrected chi connectivity index (χ4v) is 16.9. The van der Waals surface area contributed by atoms with Crippen LogP contribution in [-0.4, -0.2) is 32.2 Å². The molecule has 6 nitrogen and oxygen atoms in total. The predicted molar refractivity (Wildman–Crippen MR) is 316 cm³/mol. The number of hydrogen-bond acceptors (Lipinski definition) is 4. The summed E-state index contributed by atoms with van der Waals surface area (Å²) in [4.78, 5) is 16.9. The SMILES string of the molecule is c1ccc([Si](c2ccccc2)(c2ccccc2)c2cccc(-c3nc(-n4c5ccccc5c5ccccc54)nc(-n4c5ccccc5c5cccc(-c6ccccc6-c6cccc7c6oc6ccccc67)c54)n3)c2)cc1. The number of rotatable bonds is 9. The van der Waals surface area contributed by atoms with Gasteiger partial charge in [0.1, 0.15) is 11.2 Å². The van der Waals surface area contributed by atoms with E-state index in [0.29, 0.717) is 17.7 Å². The Balaban J connectivity index is 1.02. The molecule has 4 aromatic heterocycles. The maximum absolute atomic E-state index is 6.69. The van der Waals surface area contributed by atoms with Crippen LogP contribution < -0.4 is 20.7 Å². The first-order chi connectivity index (χ1) is 37.7. The van der Waals surface area contributed by atoms with Crippen LogP contribution in [0.1, 0.15) is 0 Å². The van der Waals surface area contributed by atoms with Gasteiger partial charge in [0.25, 0.3) is 0 Å². The predicted octanol–water partition coefficient (Wildman–Crippen LogP) is 14.3. The van der Waals surface area contributed by atoms with E-state index in [1.54, 1.807) is 0 Å². The molecular weight excluding hydrogens is 943 g/mol. The van der Waals surface area contributed by atoms with Crippen molar-refractivity contribution < 1.29 is 4.42 Å². The highest BCUT2D eigenvalue weighted by Crippen LogP contribution is 2.44. The molecule has 0 radical (unpaired) electrons. The van der Waals surface area contributed by atoms with Crippen molar-refractivity contribution in [3.63, 3.8) is 0 Å². The molecule has 0 spiro atoms. The minimum Gasteiger partial charge on any atom is -0.455 e. The average Bonchev–Trinajstić information content (AvgIpc) is 4.22. The Labute approximate surface area is 439 Å². The van der Waals surface area contributed by atoms with Gasteiger partial charge < -0.3 is 4.42 Å². The molecule has 0 unspecified atom stereocenters. The molecule has 0 atom stereocenters. The van der Waals surface area contributed by atoms with Crippen LogP contribution in [0.2, 0.25) is 0 Å². The molecule has 76 heavy (non-hydrogen) atoms. The molecule has 0 aliphatic rings. The highest BCUT2D eigenvalue weighted by Gasteiger charge is 2.41. The Kier molecular flexibility index (Phi) is 10.1. The third-order valence-electron chi connectivity index (χ3n) is 15.4. The summed E-state index contributed by atoms with van der Waals surface area (Å²) in [5.74, 6) is 1.61. The second-order valence-corrected chi connectivity index (χ2v) is 23.2. The van der Waals surface area contributed by atoms with Crippen LogP contribution >= 0.6 is 0 Å². The molecule has 0 N–H and O–H groups in total. The number of para-hydroxylation sites is 6. The summed E-state index contributed by atoms with van der Waals surface area (Å²) >= 11 is 0. The average molecular weight is 988 g/mol. The maximum Gasteiger partial charge on any atom is 0.240 e. The zero-order valence-electron chi connectivity index (χ0n) is 41.1. The van der Waals surface area contributed by atoms with Crippen molar-refractivity contribution in [3.05, 3.63) is 273 Å². The summed E-state index contributed by atoms with van der Waals surface area (Å²) in [5.41, 5.74) is 10.9. The number of hydrogen-bond donors (Lipinski definition) is 0. The Morgan fingerprint density at radius 3 is 1.34 bits per heavy atom. The van der Waals surface area contributed by atoms with Crippen molar-refractivity contribution in [2.24, 2.45) is 0 Å². The summed E-state index contributed by atoms with van der Waals surface area (Å²) in [5, 5.41) is 11.7. The van der Waals surface area contributed by atoms with E-state index in [2.05, 4.69) is 270 Å². The van der Waals surface area contributed by atoms with Crippen molar-refractivity contribution >= 4 is 94.4 Å². The second kappa shape index (κ2) is 17.6. The van der Waals surface area contributed by atoms with E-state index in [0.717, 1.165) is 93.4 Å². The van der Waals surface area contributed by atoms with Crippen LogP contribution in [0.4, 0.5) is 0 Å². The number of aromatic nitrogens is 5. The molecule has 0 saturated carbocycles. The summed E-state index contributed by atoms with van der Waals surface area (Å²) < 4.78 is 11.2. The minimum atomic E-state index is -2.94. The lowest BCUT2D eigenvalue weighted by molar-refractivity contribution is 0.670. The van der Waals surface area contributed by atoms with Gasteiger partial charge in [-0.25, -0.2) is 0 Å². The van der Waals surface area contributed by atoms with E-state index in [4.69, 9.17) is 19.4 Å². The monoisotopic (exact) mass is 987 g/mol. The van der Waals surface area contributed by atoms with E-state index in [9.17, 15) is 0 Å². The number of nitrogens with zero attached hydrogens (tertiary/aromatic N) is 5. The van der Waals surface area contributed by atoms with E-state index < -0.39 is 8.07 Å². The fraction of sp³-hybridized carbons (Fsp3) is 0. The van der Waals surface area contributed by atoms with Crippen molar-refractivity contribution in [3.8, 4) is 45.5 Å². The van der Waals surface area contributed by atoms with Gasteiger partial charge in [0.15, 0.2) is 13.9 Å². The zero-order valence-corrected chi connectivity index (χ0v) is 42.1. The molecular formula is C69H45N5OSi. The molecule has 4 heterocycles. The van der Waals surface area contributed by atoms with Gasteiger partial charge in [-0.05, 0) is 56.1 Å². The largest absolute Gasteiger partial charge is 0.455 e. The molecule has 0 aliphatic carbocycles. The number of furan rings is 1. The minimum absolute atomic E-state index is 0.514. The maximum atomic E-state index is 6.69. The third-order valence-corrected chi connectivity index (χ3v) is 20.1. The van der Waals surface area contributed by atoms with Crippen LogP contribution in [0.5, 0.6) is 0 Å². The van der Waals surface area contributed by atoms with Crippen LogP contribution in [0.25, 0.3) is 111 Å². The Morgan fingerprint density at radius 2 is 0.724 bits per heavy atom. The van der Waals surface area contributed by atoms with Gasteiger partial charge in [-0.3, -0.25) is 9.13 Å². The summed E-state index contributed by atoms with van der Waals surface area (Å²) in [6.07, 6.45) is 0. The number of benzene rings is 11. The first-order valence-electron chi connectivity index (χ1n) is 25.8. The van der Waals surface area contributed by atoms with Crippen molar-refractivity contribution in [1.29, 1.82) is 0 Å². The lowest BCUT2D eigenvalue weighted by atomic mass is 9.92. The number of fused-ring (bicyclic) bond motifs is 9. The van der Waals surface area contributed by atoms with Gasteiger partial charge in [-0.15, -0.1) is 0 Å². The molecule has 0 fully saturated rings. The van der Waals surface area contributed by atoms with Gasteiger partial charge >= 0.3 is 0 Å². The summed E-state index contributed by atoms with van der Waals surface area (Å²) in [6.45, 7) is 0. The fourth-order valence-electron chi connectivity index (χ4n) is 12.1. The molecule has 0 amide bonds.